The van der Waals surface area contributed by atoms with Crippen LogP contribution in [0, 0.1) is 6.92 Å². The Labute approximate surface area is 176 Å². The molecule has 0 bridgehead atoms. The summed E-state index contributed by atoms with van der Waals surface area (Å²) in [5, 5.41) is 15.9. The summed E-state index contributed by atoms with van der Waals surface area (Å²) in [7, 11) is 1.98. The quantitative estimate of drug-likeness (QED) is 0.386. The first-order valence-electron chi connectivity index (χ1n) is 9.21. The molecule has 0 amide bonds. The van der Waals surface area contributed by atoms with Crippen LogP contribution in [0.1, 0.15) is 30.2 Å². The number of aliphatic imine (C=N–C) groups is 1. The number of aromatic nitrogens is 4. The van der Waals surface area contributed by atoms with Gasteiger partial charge in [-0.3, -0.25) is 4.90 Å². The highest BCUT2D eigenvalue weighted by molar-refractivity contribution is 14.0. The minimum absolute atomic E-state index is 0. The van der Waals surface area contributed by atoms with Crippen LogP contribution in [0.2, 0.25) is 0 Å². The second kappa shape index (κ2) is 9.00. The molecule has 1 aliphatic heterocycles. The topological polar surface area (TPSA) is 87.6 Å². The van der Waals surface area contributed by atoms with Crippen molar-refractivity contribution >= 4 is 29.9 Å². The summed E-state index contributed by atoms with van der Waals surface area (Å²) in [6, 6.07) is 2.50. The normalized spacial score (nSPS) is 18.4. The van der Waals surface area contributed by atoms with Gasteiger partial charge in [-0.1, -0.05) is 5.16 Å². The third kappa shape index (κ3) is 5.18. The van der Waals surface area contributed by atoms with Gasteiger partial charge in [0.1, 0.15) is 18.6 Å². The molecule has 1 N–H and O–H groups in total. The number of hydrogen-bond donors (Lipinski definition) is 1. The average Bonchev–Trinajstić information content (AvgIpc) is 3.22. The molecule has 9 nitrogen and oxygen atoms in total. The largest absolute Gasteiger partial charge is 0.364 e. The summed E-state index contributed by atoms with van der Waals surface area (Å²) >= 11 is 0. The molecular weight excluding hydrogens is 459 g/mol. The van der Waals surface area contributed by atoms with E-state index in [1.165, 1.54) is 12.8 Å². The third-order valence-electron chi connectivity index (χ3n) is 5.01. The Kier molecular flexibility index (Phi) is 6.68. The zero-order valence-electron chi connectivity index (χ0n) is 15.8. The SMILES string of the molecule is Cc1nnc(CN=C(NC2CC2)N2CCN(Cc3ccon3)CC2)n1C.I. The molecule has 0 unspecified atom stereocenters. The average molecular weight is 486 g/mol. The van der Waals surface area contributed by atoms with Gasteiger partial charge in [0, 0.05) is 51.9 Å². The zero-order chi connectivity index (χ0) is 17.9. The monoisotopic (exact) mass is 486 g/mol. The van der Waals surface area contributed by atoms with Gasteiger partial charge in [0.15, 0.2) is 11.8 Å². The Hall–Kier alpha value is -1.69. The van der Waals surface area contributed by atoms with Gasteiger partial charge < -0.3 is 19.3 Å². The Morgan fingerprint density at radius 1 is 1.26 bits per heavy atom. The summed E-state index contributed by atoms with van der Waals surface area (Å²) in [6.45, 7) is 7.22. The second-order valence-electron chi connectivity index (χ2n) is 7.03. The van der Waals surface area contributed by atoms with E-state index in [9.17, 15) is 0 Å². The summed E-state index contributed by atoms with van der Waals surface area (Å²) in [6.07, 6.45) is 4.09. The lowest BCUT2D eigenvalue weighted by Gasteiger charge is -2.36. The van der Waals surface area contributed by atoms with Crippen LogP contribution in [-0.4, -0.2) is 67.9 Å². The molecule has 2 aliphatic rings. The van der Waals surface area contributed by atoms with Crippen LogP contribution in [0.5, 0.6) is 0 Å². The van der Waals surface area contributed by atoms with Crippen LogP contribution in [-0.2, 0) is 20.1 Å². The fraction of sp³-hybridized carbons (Fsp3) is 0.647. The maximum atomic E-state index is 4.92. The van der Waals surface area contributed by atoms with E-state index in [1.54, 1.807) is 6.26 Å². The molecule has 1 saturated carbocycles. The van der Waals surface area contributed by atoms with Crippen molar-refractivity contribution in [3.05, 3.63) is 29.7 Å². The van der Waals surface area contributed by atoms with Crippen LogP contribution in [0.15, 0.2) is 21.8 Å². The molecule has 2 fully saturated rings. The van der Waals surface area contributed by atoms with Crippen molar-refractivity contribution in [1.29, 1.82) is 0 Å². The maximum Gasteiger partial charge on any atom is 0.194 e. The Balaban J connectivity index is 0.00000210. The van der Waals surface area contributed by atoms with Crippen LogP contribution in [0.4, 0.5) is 0 Å². The molecule has 0 spiro atoms. The number of guanidine groups is 1. The van der Waals surface area contributed by atoms with E-state index in [0.29, 0.717) is 12.6 Å². The van der Waals surface area contributed by atoms with Crippen molar-refractivity contribution in [2.45, 2.75) is 38.9 Å². The molecule has 4 rings (SSSR count). The van der Waals surface area contributed by atoms with Crippen LogP contribution in [0.3, 0.4) is 0 Å². The van der Waals surface area contributed by atoms with Gasteiger partial charge in [0.2, 0.25) is 0 Å². The third-order valence-corrected chi connectivity index (χ3v) is 5.01. The van der Waals surface area contributed by atoms with Crippen molar-refractivity contribution in [3.63, 3.8) is 0 Å². The summed E-state index contributed by atoms with van der Waals surface area (Å²) in [5.41, 5.74) is 0.987. The lowest BCUT2D eigenvalue weighted by molar-refractivity contribution is 0.168. The predicted octanol–water partition coefficient (Wildman–Crippen LogP) is 1.16. The van der Waals surface area contributed by atoms with Crippen LogP contribution < -0.4 is 5.32 Å². The first-order valence-corrected chi connectivity index (χ1v) is 9.21. The number of aryl methyl sites for hydroxylation is 1. The Bertz CT molecular complexity index is 747. The maximum absolute atomic E-state index is 4.92. The molecule has 2 aromatic rings. The molecule has 1 aliphatic carbocycles. The molecule has 0 atom stereocenters. The van der Waals surface area contributed by atoms with E-state index >= 15 is 0 Å². The number of rotatable bonds is 5. The molecule has 2 aromatic heterocycles. The van der Waals surface area contributed by atoms with Gasteiger partial charge >= 0.3 is 0 Å². The minimum atomic E-state index is 0. The minimum Gasteiger partial charge on any atom is -0.364 e. The first-order chi connectivity index (χ1) is 12.7. The molecule has 1 saturated heterocycles. The van der Waals surface area contributed by atoms with Crippen molar-refractivity contribution in [1.82, 2.24) is 35.0 Å². The van der Waals surface area contributed by atoms with E-state index in [-0.39, 0.29) is 24.0 Å². The van der Waals surface area contributed by atoms with Crippen molar-refractivity contribution < 1.29 is 4.52 Å². The highest BCUT2D eigenvalue weighted by atomic mass is 127. The summed E-state index contributed by atoms with van der Waals surface area (Å²) in [5.74, 6) is 2.80. The lowest BCUT2D eigenvalue weighted by Crippen LogP contribution is -2.52. The highest BCUT2D eigenvalue weighted by Crippen LogP contribution is 2.19. The number of nitrogens with zero attached hydrogens (tertiary/aromatic N) is 7. The summed E-state index contributed by atoms with van der Waals surface area (Å²) in [4.78, 5) is 9.58. The van der Waals surface area contributed by atoms with Crippen LogP contribution in [0.25, 0.3) is 0 Å². The van der Waals surface area contributed by atoms with Gasteiger partial charge in [0.05, 0.1) is 5.69 Å². The number of piperazine rings is 1. The van der Waals surface area contributed by atoms with Crippen molar-refractivity contribution in [3.8, 4) is 0 Å². The fourth-order valence-corrected chi connectivity index (χ4v) is 3.05. The molecular formula is C17H27IN8O. The molecule has 3 heterocycles. The van der Waals surface area contributed by atoms with Gasteiger partial charge in [0.25, 0.3) is 0 Å². The highest BCUT2D eigenvalue weighted by Gasteiger charge is 2.27. The lowest BCUT2D eigenvalue weighted by atomic mass is 10.3. The van der Waals surface area contributed by atoms with E-state index in [2.05, 4.69) is 30.5 Å². The van der Waals surface area contributed by atoms with Gasteiger partial charge in [-0.25, -0.2) is 4.99 Å². The van der Waals surface area contributed by atoms with E-state index in [4.69, 9.17) is 9.52 Å². The van der Waals surface area contributed by atoms with Crippen LogP contribution >= 0.6 is 24.0 Å². The molecule has 27 heavy (non-hydrogen) atoms. The Morgan fingerprint density at radius 3 is 2.63 bits per heavy atom. The van der Waals surface area contributed by atoms with Crippen molar-refractivity contribution in [2.75, 3.05) is 26.2 Å². The molecule has 10 heteroatoms. The number of halogens is 1. The molecule has 0 aromatic carbocycles. The van der Waals surface area contributed by atoms with Gasteiger partial charge in [-0.2, -0.15) is 0 Å². The Morgan fingerprint density at radius 2 is 2.04 bits per heavy atom. The first kappa shape index (κ1) is 20.1. The van der Waals surface area contributed by atoms with Crippen molar-refractivity contribution in [2.24, 2.45) is 12.0 Å². The predicted molar refractivity (Wildman–Crippen MR) is 112 cm³/mol. The smallest absolute Gasteiger partial charge is 0.194 e. The van der Waals surface area contributed by atoms with E-state index in [1.807, 2.05) is 24.6 Å². The standard InChI is InChI=1S/C17H26N8O.HI/c1-13-20-21-16(23(13)2)11-18-17(19-14-3-4-14)25-8-6-24(7-9-25)12-15-5-10-26-22-15;/h5,10,14H,3-4,6-9,11-12H2,1-2H3,(H,18,19);1H. The fourth-order valence-electron chi connectivity index (χ4n) is 3.05. The zero-order valence-corrected chi connectivity index (χ0v) is 18.2. The number of hydrogen-bond acceptors (Lipinski definition) is 6. The number of nitrogens with one attached hydrogen (secondary N) is 1. The summed E-state index contributed by atoms with van der Waals surface area (Å²) < 4.78 is 6.92. The van der Waals surface area contributed by atoms with E-state index in [0.717, 1.165) is 56.0 Å². The van der Waals surface area contributed by atoms with Gasteiger partial charge in [-0.05, 0) is 19.8 Å². The second-order valence-corrected chi connectivity index (χ2v) is 7.03. The van der Waals surface area contributed by atoms with Gasteiger partial charge in [-0.15, -0.1) is 34.2 Å². The van der Waals surface area contributed by atoms with E-state index < -0.39 is 0 Å². The molecule has 0 radical (unpaired) electrons. The molecule has 148 valence electrons.